The van der Waals surface area contributed by atoms with Gasteiger partial charge in [-0.1, -0.05) is 175 Å². The van der Waals surface area contributed by atoms with Crippen LogP contribution < -0.4 is 0 Å². The highest BCUT2D eigenvalue weighted by atomic mass is 14.8. The molecule has 1 aromatic heterocycles. The molecule has 0 amide bonds. The maximum Gasteiger partial charge on any atom is 0.0711 e. The van der Waals surface area contributed by atoms with Gasteiger partial charge in [-0.05, 0) is 119 Å². The van der Waals surface area contributed by atoms with E-state index in [1.165, 1.54) is 93.2 Å². The summed E-state index contributed by atoms with van der Waals surface area (Å²) >= 11 is 0. The average Bonchev–Trinajstić information content (AvgIpc) is 3.93. The normalized spacial score (nSPS) is 15.0. The van der Waals surface area contributed by atoms with E-state index in [9.17, 15) is 0 Å². The standard InChI is InChI=1S/C57H38N2/c1-3-17-42-36(12-1)14-10-23-43(42)39-15-9-16-41(32-39)57-54-34-52(54)53(51-33-40-13-2-4-18-44(40)46-19-6-8-22-49(46)51)35-56(59-57)38-27-25-37(26-28-38)45-29-30-50(55-24-11-31-58-55)48-21-7-5-20-47(45)48/h1-33,35,54,58H,34H2. The minimum absolute atomic E-state index is 0.246. The number of fused-ring (bicyclic) bond motifs is 6. The van der Waals surface area contributed by atoms with Gasteiger partial charge in [-0.25, -0.2) is 0 Å². The van der Waals surface area contributed by atoms with Gasteiger partial charge >= 0.3 is 0 Å². The summed E-state index contributed by atoms with van der Waals surface area (Å²) in [6.45, 7) is 0. The summed E-state index contributed by atoms with van der Waals surface area (Å²) in [5.74, 6) is 0.246. The zero-order chi connectivity index (χ0) is 38.9. The van der Waals surface area contributed by atoms with E-state index in [4.69, 9.17) is 4.99 Å². The first kappa shape index (κ1) is 33.6. The van der Waals surface area contributed by atoms with E-state index in [1.54, 1.807) is 0 Å². The van der Waals surface area contributed by atoms with E-state index in [1.807, 2.05) is 6.20 Å². The van der Waals surface area contributed by atoms with Gasteiger partial charge < -0.3 is 4.98 Å². The Labute approximate surface area is 343 Å². The number of aromatic amines is 1. The van der Waals surface area contributed by atoms with Crippen LogP contribution in [0.2, 0.25) is 0 Å². The number of nitrogens with one attached hydrogen (secondary N) is 1. The predicted octanol–water partition coefficient (Wildman–Crippen LogP) is 14.9. The predicted molar refractivity (Wildman–Crippen MR) is 250 cm³/mol. The molecule has 1 aliphatic heterocycles. The molecule has 1 aliphatic carbocycles. The first-order chi connectivity index (χ1) is 29.2. The third kappa shape index (κ3) is 5.68. The molecule has 1 unspecified atom stereocenters. The summed E-state index contributed by atoms with van der Waals surface area (Å²) in [7, 11) is 0. The molecular weight excluding hydrogens is 713 g/mol. The molecule has 0 saturated heterocycles. The smallest absolute Gasteiger partial charge is 0.0711 e. The molecule has 276 valence electrons. The van der Waals surface area contributed by atoms with Crippen LogP contribution in [-0.2, 0) is 0 Å². The van der Waals surface area contributed by atoms with Crippen molar-refractivity contribution in [2.45, 2.75) is 6.42 Å². The fraction of sp³-hybridized carbons (Fsp3) is 0.0351. The Hall–Kier alpha value is -7.55. The van der Waals surface area contributed by atoms with Crippen LogP contribution in [0.5, 0.6) is 0 Å². The van der Waals surface area contributed by atoms with Crippen molar-refractivity contribution in [3.63, 3.8) is 0 Å². The molecule has 59 heavy (non-hydrogen) atoms. The molecule has 1 N–H and O–H groups in total. The van der Waals surface area contributed by atoms with Crippen LogP contribution in [0.15, 0.2) is 217 Å². The largest absolute Gasteiger partial charge is 0.361 e. The molecule has 0 spiro atoms. The Morgan fingerprint density at radius 3 is 1.81 bits per heavy atom. The summed E-state index contributed by atoms with van der Waals surface area (Å²) in [4.78, 5) is 9.08. The topological polar surface area (TPSA) is 28.1 Å². The van der Waals surface area contributed by atoms with Crippen LogP contribution in [0.1, 0.15) is 23.1 Å². The molecule has 2 heterocycles. The van der Waals surface area contributed by atoms with Gasteiger partial charge in [0.25, 0.3) is 0 Å². The van der Waals surface area contributed by atoms with Crippen molar-refractivity contribution in [1.82, 2.24) is 4.98 Å². The molecule has 1 fully saturated rings. The number of hydrogen-bond acceptors (Lipinski definition) is 1. The number of aromatic nitrogens is 1. The molecule has 10 aromatic rings. The van der Waals surface area contributed by atoms with E-state index in [2.05, 4.69) is 205 Å². The highest BCUT2D eigenvalue weighted by Crippen LogP contribution is 2.51. The lowest BCUT2D eigenvalue weighted by molar-refractivity contribution is 1.22. The summed E-state index contributed by atoms with van der Waals surface area (Å²) in [6.07, 6.45) is 5.37. The zero-order valence-corrected chi connectivity index (χ0v) is 32.4. The van der Waals surface area contributed by atoms with Crippen LogP contribution in [-0.4, -0.2) is 10.7 Å². The van der Waals surface area contributed by atoms with Crippen LogP contribution in [0, 0.1) is 5.92 Å². The fourth-order valence-corrected chi connectivity index (χ4v) is 9.56. The third-order valence-corrected chi connectivity index (χ3v) is 12.5. The molecule has 2 nitrogen and oxygen atoms in total. The monoisotopic (exact) mass is 750 g/mol. The second-order valence-electron chi connectivity index (χ2n) is 15.9. The maximum absolute atomic E-state index is 5.68. The molecule has 12 rings (SSSR count). The van der Waals surface area contributed by atoms with Crippen molar-refractivity contribution in [1.29, 1.82) is 0 Å². The summed E-state index contributed by atoms with van der Waals surface area (Å²) < 4.78 is 0. The molecular formula is C57H38N2. The SMILES string of the molecule is C1=C(c2ccc(-c3ccc(-c4ccc[nH]4)c4ccccc34)cc2)N=C(c2cccc(-c3cccc4ccccc34)c2)C2CC2=C1c1cc2ccccc2c2ccccc12. The first-order valence-corrected chi connectivity index (χ1v) is 20.5. The van der Waals surface area contributed by atoms with E-state index in [0.29, 0.717) is 0 Å². The lowest BCUT2D eigenvalue weighted by Crippen LogP contribution is -2.04. The van der Waals surface area contributed by atoms with Crippen LogP contribution in [0.25, 0.3) is 87.9 Å². The van der Waals surface area contributed by atoms with Crippen LogP contribution >= 0.6 is 0 Å². The number of hydrogen-bond donors (Lipinski definition) is 1. The Kier molecular flexibility index (Phi) is 7.71. The Bertz CT molecular complexity index is 3390. The van der Waals surface area contributed by atoms with Gasteiger partial charge in [-0.15, -0.1) is 0 Å². The van der Waals surface area contributed by atoms with Crippen LogP contribution in [0.4, 0.5) is 0 Å². The molecule has 9 aromatic carbocycles. The zero-order valence-electron chi connectivity index (χ0n) is 32.4. The van der Waals surface area contributed by atoms with Crippen molar-refractivity contribution in [2.24, 2.45) is 10.9 Å². The molecule has 2 aliphatic rings. The number of aliphatic imine (C=N–C) groups is 1. The maximum atomic E-state index is 5.68. The Morgan fingerprint density at radius 2 is 1.02 bits per heavy atom. The average molecular weight is 751 g/mol. The minimum Gasteiger partial charge on any atom is -0.361 e. The van der Waals surface area contributed by atoms with Crippen molar-refractivity contribution in [3.8, 4) is 33.5 Å². The molecule has 1 atom stereocenters. The van der Waals surface area contributed by atoms with Gasteiger partial charge in [-0.2, -0.15) is 0 Å². The Morgan fingerprint density at radius 1 is 0.407 bits per heavy atom. The first-order valence-electron chi connectivity index (χ1n) is 20.5. The number of allylic oxidation sites excluding steroid dienone is 3. The number of rotatable bonds is 6. The van der Waals surface area contributed by atoms with E-state index < -0.39 is 0 Å². The van der Waals surface area contributed by atoms with Crippen molar-refractivity contribution < 1.29 is 0 Å². The molecule has 2 heteroatoms. The summed E-state index contributed by atoms with van der Waals surface area (Å²) in [5.41, 5.74) is 15.6. The fourth-order valence-electron chi connectivity index (χ4n) is 9.56. The van der Waals surface area contributed by atoms with Gasteiger partial charge in [0.2, 0.25) is 0 Å². The van der Waals surface area contributed by atoms with Gasteiger partial charge in [0.05, 0.1) is 11.4 Å². The van der Waals surface area contributed by atoms with E-state index in [0.717, 1.165) is 29.1 Å². The third-order valence-electron chi connectivity index (χ3n) is 12.5. The van der Waals surface area contributed by atoms with E-state index >= 15 is 0 Å². The van der Waals surface area contributed by atoms with Gasteiger partial charge in [0.1, 0.15) is 0 Å². The second kappa shape index (κ2) is 13.5. The summed E-state index contributed by atoms with van der Waals surface area (Å²) in [5, 5.41) is 10.1. The number of H-pyrrole nitrogens is 1. The highest BCUT2D eigenvalue weighted by Gasteiger charge is 2.40. The summed E-state index contributed by atoms with van der Waals surface area (Å²) in [6, 6.07) is 70.9. The number of nitrogens with zero attached hydrogens (tertiary/aromatic N) is 1. The van der Waals surface area contributed by atoms with Crippen molar-refractivity contribution in [2.75, 3.05) is 0 Å². The van der Waals surface area contributed by atoms with Gasteiger partial charge in [0.15, 0.2) is 0 Å². The molecule has 0 bridgehead atoms. The molecule has 1 saturated carbocycles. The minimum atomic E-state index is 0.246. The number of benzene rings is 9. The van der Waals surface area contributed by atoms with Crippen molar-refractivity contribution >= 4 is 60.1 Å². The lowest BCUT2D eigenvalue weighted by Gasteiger charge is -2.14. The van der Waals surface area contributed by atoms with Crippen LogP contribution in [0.3, 0.4) is 0 Å². The van der Waals surface area contributed by atoms with Gasteiger partial charge in [0, 0.05) is 28.9 Å². The molecule has 0 radical (unpaired) electrons. The van der Waals surface area contributed by atoms with Gasteiger partial charge in [-0.3, -0.25) is 4.99 Å². The second-order valence-corrected chi connectivity index (χ2v) is 15.9. The quantitative estimate of drug-likeness (QED) is 0.164. The van der Waals surface area contributed by atoms with Crippen molar-refractivity contribution in [3.05, 3.63) is 229 Å². The van der Waals surface area contributed by atoms with E-state index in [-0.39, 0.29) is 5.92 Å². The Balaban J connectivity index is 1.02. The highest BCUT2D eigenvalue weighted by molar-refractivity contribution is 6.17. The lowest BCUT2D eigenvalue weighted by atomic mass is 9.91.